The zero-order chi connectivity index (χ0) is 16.4. The number of carboxylic acid groups (broad SMARTS) is 1. The van der Waals surface area contributed by atoms with Crippen LogP contribution in [0.15, 0.2) is 17.0 Å². The normalized spacial score (nSPS) is 14.8. The summed E-state index contributed by atoms with van der Waals surface area (Å²) < 4.78 is 23.9. The topological polar surface area (TPSA) is 54.4 Å². The largest absolute Gasteiger partial charge is 0.478 e. The van der Waals surface area contributed by atoms with E-state index in [9.17, 15) is 18.5 Å². The molecule has 21 heavy (non-hydrogen) atoms. The van der Waals surface area contributed by atoms with Gasteiger partial charge in [-0.15, -0.1) is 0 Å². The first-order valence-electron chi connectivity index (χ1n) is 6.52. The van der Waals surface area contributed by atoms with Crippen LogP contribution in [0.3, 0.4) is 0 Å². The molecule has 0 radical (unpaired) electrons. The van der Waals surface area contributed by atoms with Crippen molar-refractivity contribution in [2.75, 3.05) is 0 Å². The van der Waals surface area contributed by atoms with Crippen LogP contribution in [0.1, 0.15) is 48.7 Å². The number of aromatic carboxylic acids is 1. The molecule has 0 aliphatic carbocycles. The van der Waals surface area contributed by atoms with E-state index in [1.165, 1.54) is 12.1 Å². The molecular formula is C14H17Cl2FO3S. The van der Waals surface area contributed by atoms with E-state index < -0.39 is 21.4 Å². The third kappa shape index (κ3) is 3.96. The van der Waals surface area contributed by atoms with Gasteiger partial charge in [0.2, 0.25) is 0 Å². The number of hydrogen-bond donors (Lipinski definition) is 1. The second kappa shape index (κ2) is 7.07. The number of carboxylic acids is 1. The second-order valence-corrected chi connectivity index (χ2v) is 7.68. The monoisotopic (exact) mass is 354 g/mol. The van der Waals surface area contributed by atoms with Gasteiger partial charge in [0.15, 0.2) is 0 Å². The van der Waals surface area contributed by atoms with Crippen LogP contribution in [0.4, 0.5) is 4.39 Å². The summed E-state index contributed by atoms with van der Waals surface area (Å²) in [5.74, 6) is -1.16. The van der Waals surface area contributed by atoms with Gasteiger partial charge in [-0.2, -0.15) is 0 Å². The van der Waals surface area contributed by atoms with Crippen LogP contribution in [0, 0.1) is 0 Å². The van der Waals surface area contributed by atoms with Gasteiger partial charge in [0, 0.05) is 10.8 Å². The lowest BCUT2D eigenvalue weighted by Crippen LogP contribution is -2.19. The highest BCUT2D eigenvalue weighted by atomic mass is 35.5. The lowest BCUT2D eigenvalue weighted by Gasteiger charge is -2.21. The maximum atomic E-state index is 14.0. The van der Waals surface area contributed by atoms with Crippen LogP contribution >= 0.6 is 23.2 Å². The minimum absolute atomic E-state index is 0.00881. The van der Waals surface area contributed by atoms with Crippen molar-refractivity contribution in [1.29, 1.82) is 0 Å². The molecule has 0 aliphatic rings. The standard InChI is InChI=1S/C14H17Cl2FO3S/c1-4-8(3)21(20)12-9(5-2)10(13(18)19)6-7-11(12)14(15,16)17/h6-8H,4-5H2,1-3H3,(H,18,19)/t8-,21-/m0/s1. The lowest BCUT2D eigenvalue weighted by molar-refractivity contribution is 0.0695. The van der Waals surface area contributed by atoms with E-state index in [2.05, 4.69) is 0 Å². The maximum Gasteiger partial charge on any atom is 0.336 e. The Morgan fingerprint density at radius 3 is 2.38 bits per heavy atom. The van der Waals surface area contributed by atoms with Crippen molar-refractivity contribution in [1.82, 2.24) is 0 Å². The minimum Gasteiger partial charge on any atom is -0.478 e. The van der Waals surface area contributed by atoms with Gasteiger partial charge < -0.3 is 5.11 Å². The van der Waals surface area contributed by atoms with Crippen molar-refractivity contribution in [3.8, 4) is 0 Å². The molecule has 0 bridgehead atoms. The third-order valence-corrected chi connectivity index (χ3v) is 5.63. The molecule has 3 nitrogen and oxygen atoms in total. The summed E-state index contributed by atoms with van der Waals surface area (Å²) >= 11 is 11.1. The van der Waals surface area contributed by atoms with Crippen LogP contribution in [0.5, 0.6) is 0 Å². The number of rotatable bonds is 6. The first-order valence-corrected chi connectivity index (χ1v) is 8.48. The van der Waals surface area contributed by atoms with E-state index >= 15 is 0 Å². The van der Waals surface area contributed by atoms with Crippen molar-refractivity contribution in [2.24, 2.45) is 0 Å². The molecule has 0 saturated heterocycles. The fourth-order valence-electron chi connectivity index (χ4n) is 1.98. The average Bonchev–Trinajstić information content (AvgIpc) is 2.42. The molecule has 0 spiro atoms. The van der Waals surface area contributed by atoms with Gasteiger partial charge in [-0.3, -0.25) is 4.21 Å². The molecule has 0 aliphatic heterocycles. The zero-order valence-electron chi connectivity index (χ0n) is 12.0. The predicted molar refractivity (Wildman–Crippen MR) is 83.4 cm³/mol. The molecule has 7 heteroatoms. The molecule has 1 N–H and O–H groups in total. The molecule has 0 unspecified atom stereocenters. The number of benzene rings is 1. The van der Waals surface area contributed by atoms with Gasteiger partial charge in [-0.1, -0.05) is 50.0 Å². The van der Waals surface area contributed by atoms with Crippen LogP contribution < -0.4 is 0 Å². The van der Waals surface area contributed by atoms with Crippen molar-refractivity contribution < 1.29 is 18.5 Å². The van der Waals surface area contributed by atoms with Crippen molar-refractivity contribution in [3.63, 3.8) is 0 Å². The molecule has 1 aromatic rings. The first-order chi connectivity index (χ1) is 9.65. The number of hydrogen-bond acceptors (Lipinski definition) is 2. The van der Waals surface area contributed by atoms with E-state index in [1.807, 2.05) is 6.92 Å². The summed E-state index contributed by atoms with van der Waals surface area (Å²) in [7, 11) is -1.60. The molecule has 118 valence electrons. The van der Waals surface area contributed by atoms with E-state index in [4.69, 9.17) is 23.2 Å². The van der Waals surface area contributed by atoms with Crippen molar-refractivity contribution in [3.05, 3.63) is 28.8 Å². The highest BCUT2D eigenvalue weighted by Crippen LogP contribution is 2.41. The Labute approximate surface area is 135 Å². The summed E-state index contributed by atoms with van der Waals surface area (Å²) in [6.45, 7) is 5.30. The van der Waals surface area contributed by atoms with Crippen LogP contribution in [-0.4, -0.2) is 20.5 Å². The van der Waals surface area contributed by atoms with E-state index in [-0.39, 0.29) is 27.7 Å². The number of halogens is 3. The summed E-state index contributed by atoms with van der Waals surface area (Å²) in [5, 5.41) is 8.96. The van der Waals surface area contributed by atoms with Gasteiger partial charge in [0.1, 0.15) is 0 Å². The van der Waals surface area contributed by atoms with E-state index in [0.29, 0.717) is 12.0 Å². The number of alkyl halides is 3. The molecule has 0 saturated carbocycles. The molecule has 1 aromatic carbocycles. The Kier molecular flexibility index (Phi) is 6.20. The first kappa shape index (κ1) is 18.4. The lowest BCUT2D eigenvalue weighted by atomic mass is 10.0. The summed E-state index contributed by atoms with van der Waals surface area (Å²) in [4.78, 5) is 11.4. The van der Waals surface area contributed by atoms with E-state index in [1.54, 1.807) is 13.8 Å². The fraction of sp³-hybridized carbons (Fsp3) is 0.500. The average molecular weight is 355 g/mol. The zero-order valence-corrected chi connectivity index (χ0v) is 14.3. The van der Waals surface area contributed by atoms with Gasteiger partial charge in [0.25, 0.3) is 4.59 Å². The molecule has 0 aromatic heterocycles. The summed E-state index contributed by atoms with van der Waals surface area (Å²) in [5.41, 5.74) is 0.152. The Hall–Kier alpha value is -0.650. The molecule has 2 atom stereocenters. The summed E-state index contributed by atoms with van der Waals surface area (Å²) in [6, 6.07) is 2.44. The summed E-state index contributed by atoms with van der Waals surface area (Å²) in [6.07, 6.45) is 0.882. The molecular weight excluding hydrogens is 338 g/mol. The van der Waals surface area contributed by atoms with Gasteiger partial charge >= 0.3 is 5.97 Å². The molecule has 1 rings (SSSR count). The van der Waals surface area contributed by atoms with Crippen LogP contribution in [-0.2, 0) is 21.8 Å². The van der Waals surface area contributed by atoms with Crippen LogP contribution in [0.2, 0.25) is 0 Å². The smallest absolute Gasteiger partial charge is 0.336 e. The second-order valence-electron chi connectivity index (χ2n) is 4.64. The van der Waals surface area contributed by atoms with Crippen molar-refractivity contribution >= 4 is 40.0 Å². The Morgan fingerprint density at radius 1 is 1.43 bits per heavy atom. The Bertz CT molecular complexity index is 570. The highest BCUT2D eigenvalue weighted by Gasteiger charge is 2.34. The van der Waals surface area contributed by atoms with Crippen molar-refractivity contribution in [2.45, 2.75) is 48.3 Å². The van der Waals surface area contributed by atoms with Gasteiger partial charge in [-0.25, -0.2) is 9.18 Å². The Balaban J connectivity index is 3.71. The SMILES string of the molecule is CCc1c(C(=O)O)ccc(C(F)(Cl)Cl)c1[S@@](=O)[C@@H](C)CC. The van der Waals surface area contributed by atoms with Gasteiger partial charge in [0.05, 0.1) is 21.3 Å². The maximum absolute atomic E-state index is 14.0. The predicted octanol–water partition coefficient (Wildman–Crippen LogP) is 4.41. The highest BCUT2D eigenvalue weighted by molar-refractivity contribution is 7.85. The molecule has 0 amide bonds. The quantitative estimate of drug-likeness (QED) is 0.769. The molecule has 0 heterocycles. The minimum atomic E-state index is -2.72. The van der Waals surface area contributed by atoms with Crippen LogP contribution in [0.25, 0.3) is 0 Å². The number of carbonyl (C=O) groups is 1. The fourth-order valence-corrected chi connectivity index (χ4v) is 4.04. The molecule has 0 fully saturated rings. The van der Waals surface area contributed by atoms with E-state index in [0.717, 1.165) is 0 Å². The third-order valence-electron chi connectivity index (χ3n) is 3.29. The Morgan fingerprint density at radius 2 is 2.00 bits per heavy atom. The van der Waals surface area contributed by atoms with Gasteiger partial charge in [-0.05, 0) is 24.5 Å².